The van der Waals surface area contributed by atoms with Crippen LogP contribution in [0.4, 0.5) is 29.3 Å². The third-order valence-corrected chi connectivity index (χ3v) is 8.50. The second-order valence-electron chi connectivity index (χ2n) is 10.8. The van der Waals surface area contributed by atoms with E-state index < -0.39 is 6.36 Å². The van der Waals surface area contributed by atoms with Gasteiger partial charge < -0.3 is 20.3 Å². The summed E-state index contributed by atoms with van der Waals surface area (Å²) >= 11 is 1.61. The number of amidine groups is 2. The van der Waals surface area contributed by atoms with Crippen molar-refractivity contribution in [3.05, 3.63) is 89.0 Å². The minimum atomic E-state index is -4.75. The van der Waals surface area contributed by atoms with E-state index in [-0.39, 0.29) is 35.6 Å². The van der Waals surface area contributed by atoms with E-state index in [9.17, 15) is 18.0 Å². The van der Waals surface area contributed by atoms with Crippen LogP contribution in [0.15, 0.2) is 76.7 Å². The quantitative estimate of drug-likeness (QED) is 0.186. The molecule has 0 aromatic heterocycles. The van der Waals surface area contributed by atoms with Gasteiger partial charge in [-0.1, -0.05) is 54.2 Å². The number of anilines is 2. The van der Waals surface area contributed by atoms with E-state index in [2.05, 4.69) is 63.2 Å². The zero-order valence-corrected chi connectivity index (χ0v) is 25.3. The van der Waals surface area contributed by atoms with Crippen LogP contribution in [0.25, 0.3) is 0 Å². The molecule has 44 heavy (non-hydrogen) atoms. The summed E-state index contributed by atoms with van der Waals surface area (Å²) in [6.07, 6.45) is -1.62. The Morgan fingerprint density at radius 1 is 1.07 bits per heavy atom. The number of amides is 2. The molecule has 3 aromatic carbocycles. The Morgan fingerprint density at radius 3 is 2.41 bits per heavy atom. The molecule has 3 N–H and O–H groups in total. The summed E-state index contributed by atoms with van der Waals surface area (Å²) in [6.45, 7) is 6.33. The van der Waals surface area contributed by atoms with Gasteiger partial charge in [0.25, 0.3) is 0 Å². The molecule has 0 bridgehead atoms. The molecule has 12 heteroatoms. The number of alkyl halides is 3. The van der Waals surface area contributed by atoms with Crippen LogP contribution in [0.2, 0.25) is 0 Å². The lowest BCUT2D eigenvalue weighted by Gasteiger charge is -2.37. The molecule has 3 unspecified atom stereocenters. The predicted octanol–water partition coefficient (Wildman–Crippen LogP) is 7.62. The van der Waals surface area contributed by atoms with Crippen molar-refractivity contribution in [2.45, 2.75) is 58.0 Å². The van der Waals surface area contributed by atoms with Crippen LogP contribution in [0.5, 0.6) is 5.75 Å². The number of thioether (sulfide) groups is 1. The summed E-state index contributed by atoms with van der Waals surface area (Å²) in [6, 6.07) is 18.8. The van der Waals surface area contributed by atoms with Gasteiger partial charge in [-0.2, -0.15) is 4.99 Å². The van der Waals surface area contributed by atoms with Crippen molar-refractivity contribution in [1.29, 1.82) is 5.41 Å². The van der Waals surface area contributed by atoms with Crippen LogP contribution in [-0.2, 0) is 0 Å². The molecule has 1 saturated carbocycles. The number of nitrogens with one attached hydrogen (secondary N) is 3. The maximum atomic E-state index is 13.0. The van der Waals surface area contributed by atoms with E-state index in [0.717, 1.165) is 46.1 Å². The van der Waals surface area contributed by atoms with E-state index in [4.69, 9.17) is 5.41 Å². The number of aryl methyl sites for hydroxylation is 2. The Labute approximate surface area is 258 Å². The molecular weight excluding hydrogens is 589 g/mol. The minimum Gasteiger partial charge on any atom is -0.406 e. The molecule has 3 atom stereocenters. The van der Waals surface area contributed by atoms with Crippen molar-refractivity contribution >= 4 is 46.5 Å². The lowest BCUT2D eigenvalue weighted by molar-refractivity contribution is -0.274. The third-order valence-electron chi connectivity index (χ3n) is 7.52. The number of carbonyl (C=O) groups excluding carboxylic acids is 1. The number of halogens is 3. The van der Waals surface area contributed by atoms with Gasteiger partial charge in [0.2, 0.25) is 0 Å². The van der Waals surface area contributed by atoms with Crippen LogP contribution in [0, 0.1) is 19.3 Å². The average Bonchev–Trinajstić information content (AvgIpc) is 3.73. The second kappa shape index (κ2) is 13.1. The summed E-state index contributed by atoms with van der Waals surface area (Å²) in [7, 11) is 0. The Morgan fingerprint density at radius 2 is 1.75 bits per heavy atom. The molecule has 1 aliphatic carbocycles. The highest BCUT2D eigenvalue weighted by Gasteiger charge is 2.40. The zero-order chi connectivity index (χ0) is 31.4. The van der Waals surface area contributed by atoms with Gasteiger partial charge in [0.1, 0.15) is 5.75 Å². The Kier molecular flexibility index (Phi) is 9.28. The Bertz CT molecular complexity index is 1550. The van der Waals surface area contributed by atoms with Crippen LogP contribution in [0.3, 0.4) is 0 Å². The van der Waals surface area contributed by atoms with Gasteiger partial charge in [-0.05, 0) is 74.6 Å². The standard InChI is InChI=1S/C32H33F3N6O2S/c1-19-5-4-6-20(2)28(19)41-21(3)15-16-44-31(41)40-30(42)39-27-17-26(27)22-7-9-23(10-8-22)29(36)38-18-37-24-11-13-25(14-12-24)43-32(33,34)35/h4-14,18,21,26-27H,15-17H2,1-3H3,(H,39,42)(H2,36,37,38)/b40-31-. The number of benzene rings is 3. The smallest absolute Gasteiger partial charge is 0.406 e. The van der Waals surface area contributed by atoms with Gasteiger partial charge in [-0.25, -0.2) is 9.79 Å². The monoisotopic (exact) mass is 622 g/mol. The summed E-state index contributed by atoms with van der Waals surface area (Å²) in [4.78, 5) is 23.7. The van der Waals surface area contributed by atoms with Crippen molar-refractivity contribution in [3.8, 4) is 5.75 Å². The molecule has 2 fully saturated rings. The molecule has 8 nitrogen and oxygen atoms in total. The average molecular weight is 623 g/mol. The molecule has 3 aromatic rings. The second-order valence-corrected chi connectivity index (χ2v) is 11.9. The van der Waals surface area contributed by atoms with Crippen LogP contribution in [0.1, 0.15) is 47.9 Å². The van der Waals surface area contributed by atoms with Gasteiger partial charge in [-0.3, -0.25) is 5.41 Å². The molecule has 2 amide bonds. The number of hydrogen-bond donors (Lipinski definition) is 3. The Balaban J connectivity index is 1.14. The molecule has 0 spiro atoms. The van der Waals surface area contributed by atoms with Crippen molar-refractivity contribution < 1.29 is 22.7 Å². The van der Waals surface area contributed by atoms with Gasteiger partial charge >= 0.3 is 12.4 Å². The zero-order valence-electron chi connectivity index (χ0n) is 24.5. The number of carbonyl (C=O) groups is 1. The summed E-state index contributed by atoms with van der Waals surface area (Å²) in [5.41, 5.74) is 5.57. The highest BCUT2D eigenvalue weighted by atomic mass is 32.2. The van der Waals surface area contributed by atoms with E-state index >= 15 is 0 Å². The van der Waals surface area contributed by atoms with Crippen molar-refractivity contribution in [3.63, 3.8) is 0 Å². The molecule has 1 aliphatic heterocycles. The molecular formula is C32H33F3N6O2S. The number of hydrogen-bond acceptors (Lipinski definition) is 4. The van der Waals surface area contributed by atoms with Gasteiger partial charge in [0, 0.05) is 40.7 Å². The van der Waals surface area contributed by atoms with Crippen LogP contribution in [-0.4, -0.2) is 47.6 Å². The largest absolute Gasteiger partial charge is 0.573 e. The number of para-hydroxylation sites is 1. The molecule has 2 aliphatic rings. The van der Waals surface area contributed by atoms with Gasteiger partial charge in [0.05, 0.1) is 6.34 Å². The van der Waals surface area contributed by atoms with Crippen molar-refractivity contribution in [2.24, 2.45) is 9.98 Å². The van der Waals surface area contributed by atoms with Crippen LogP contribution >= 0.6 is 11.8 Å². The lowest BCUT2D eigenvalue weighted by atomic mass is 10.1. The first-order valence-electron chi connectivity index (χ1n) is 14.2. The van der Waals surface area contributed by atoms with E-state index in [1.54, 1.807) is 23.9 Å². The first-order valence-corrected chi connectivity index (χ1v) is 15.2. The molecule has 5 rings (SSSR count). The van der Waals surface area contributed by atoms with Gasteiger partial charge in [0.15, 0.2) is 11.0 Å². The van der Waals surface area contributed by atoms with E-state index in [1.807, 2.05) is 18.2 Å². The predicted molar refractivity (Wildman–Crippen MR) is 171 cm³/mol. The Hall–Kier alpha value is -4.32. The molecule has 1 saturated heterocycles. The fourth-order valence-corrected chi connectivity index (χ4v) is 6.38. The molecule has 0 radical (unpaired) electrons. The fraction of sp³-hybridized carbons (Fsp3) is 0.312. The van der Waals surface area contributed by atoms with Crippen molar-refractivity contribution in [2.75, 3.05) is 16.0 Å². The maximum absolute atomic E-state index is 13.0. The van der Waals surface area contributed by atoms with E-state index in [1.165, 1.54) is 30.6 Å². The number of urea groups is 1. The SMILES string of the molecule is Cc1cccc(C)c1N1/C(=N/C(=O)NC2CC2c2ccc(C(=N)/N=C\Nc3ccc(OC(F)(F)F)cc3)cc2)SCCC1C. The lowest BCUT2D eigenvalue weighted by Crippen LogP contribution is -2.43. The van der Waals surface area contributed by atoms with Crippen molar-refractivity contribution in [1.82, 2.24) is 5.32 Å². The van der Waals surface area contributed by atoms with Gasteiger partial charge in [-0.15, -0.1) is 13.2 Å². The number of nitrogens with zero attached hydrogens (tertiary/aromatic N) is 3. The normalized spacial score (nSPS) is 20.9. The molecule has 1 heterocycles. The number of aliphatic imine (C=N–C) groups is 2. The summed E-state index contributed by atoms with van der Waals surface area (Å²) < 4.78 is 40.8. The highest BCUT2D eigenvalue weighted by Crippen LogP contribution is 2.41. The minimum absolute atomic E-state index is 0.00745. The molecule has 230 valence electrons. The summed E-state index contributed by atoms with van der Waals surface area (Å²) in [5.74, 6) is 0.779. The first-order chi connectivity index (χ1) is 21.0. The number of ether oxygens (including phenoxy) is 1. The topological polar surface area (TPSA) is 102 Å². The van der Waals surface area contributed by atoms with Crippen LogP contribution < -0.4 is 20.3 Å². The third kappa shape index (κ3) is 7.79. The fourth-order valence-electron chi connectivity index (χ4n) is 5.18. The summed E-state index contributed by atoms with van der Waals surface area (Å²) in [5, 5.41) is 14.8. The number of rotatable bonds is 7. The maximum Gasteiger partial charge on any atom is 0.573 e. The van der Waals surface area contributed by atoms with E-state index in [0.29, 0.717) is 11.3 Å². The highest BCUT2D eigenvalue weighted by molar-refractivity contribution is 8.14. The first kappa shape index (κ1) is 31.1.